The van der Waals surface area contributed by atoms with Crippen LogP contribution in [0.2, 0.25) is 0 Å². The van der Waals surface area contributed by atoms with Crippen molar-refractivity contribution in [3.05, 3.63) is 0 Å². The Kier molecular flexibility index (Phi) is 9.78. The molecule has 6 heteroatoms. The molecule has 2 amide bonds. The van der Waals surface area contributed by atoms with Crippen molar-refractivity contribution in [1.82, 2.24) is 16.0 Å². The summed E-state index contributed by atoms with van der Waals surface area (Å²) in [5, 5.41) is 8.78. The van der Waals surface area contributed by atoms with Crippen molar-refractivity contribution >= 4 is 12.0 Å². The van der Waals surface area contributed by atoms with Gasteiger partial charge < -0.3 is 20.7 Å². The zero-order valence-electron chi connectivity index (χ0n) is 14.0. The van der Waals surface area contributed by atoms with E-state index in [4.69, 9.17) is 4.74 Å². The molecule has 0 saturated carbocycles. The molecular formula is C15H31N3O3. The number of rotatable bonds is 9. The first-order valence-corrected chi connectivity index (χ1v) is 7.71. The highest BCUT2D eigenvalue weighted by atomic mass is 16.6. The zero-order valence-corrected chi connectivity index (χ0v) is 14.0. The quantitative estimate of drug-likeness (QED) is 0.567. The molecule has 0 aromatic rings. The summed E-state index contributed by atoms with van der Waals surface area (Å²) in [6, 6.07) is 0.232. The molecule has 0 saturated heterocycles. The third kappa shape index (κ3) is 13.4. The number of hydrogen-bond acceptors (Lipinski definition) is 4. The number of carbonyl (C=O) groups is 2. The van der Waals surface area contributed by atoms with Gasteiger partial charge in [-0.25, -0.2) is 4.79 Å². The molecule has 0 aliphatic carbocycles. The summed E-state index contributed by atoms with van der Waals surface area (Å²) in [6.07, 6.45) is 1.82. The van der Waals surface area contributed by atoms with E-state index in [9.17, 15) is 9.59 Å². The second-order valence-electron chi connectivity index (χ2n) is 6.16. The summed E-state index contributed by atoms with van der Waals surface area (Å²) < 4.78 is 5.12. The first-order valence-electron chi connectivity index (χ1n) is 7.71. The van der Waals surface area contributed by atoms with E-state index in [1.807, 2.05) is 34.6 Å². The molecule has 1 unspecified atom stereocenters. The molecule has 3 N–H and O–H groups in total. The number of amides is 2. The van der Waals surface area contributed by atoms with E-state index < -0.39 is 11.7 Å². The fourth-order valence-corrected chi connectivity index (χ4v) is 1.49. The van der Waals surface area contributed by atoms with Gasteiger partial charge in [-0.3, -0.25) is 4.79 Å². The summed E-state index contributed by atoms with van der Waals surface area (Å²) in [5.74, 6) is 0.0729. The van der Waals surface area contributed by atoms with Crippen LogP contribution < -0.4 is 16.0 Å². The average Bonchev–Trinajstić information content (AvgIpc) is 2.35. The van der Waals surface area contributed by atoms with Gasteiger partial charge in [0, 0.05) is 25.6 Å². The van der Waals surface area contributed by atoms with Gasteiger partial charge in [-0.2, -0.15) is 0 Å². The number of hydrogen-bond donors (Lipinski definition) is 3. The highest BCUT2D eigenvalue weighted by Gasteiger charge is 2.15. The molecule has 0 radical (unpaired) electrons. The Balaban J connectivity index is 3.45. The molecule has 0 heterocycles. The highest BCUT2D eigenvalue weighted by molar-refractivity contribution is 5.76. The Morgan fingerprint density at radius 1 is 1.14 bits per heavy atom. The lowest BCUT2D eigenvalue weighted by Crippen LogP contribution is -2.35. The molecule has 0 spiro atoms. The Labute approximate surface area is 128 Å². The van der Waals surface area contributed by atoms with Crippen molar-refractivity contribution in [1.29, 1.82) is 0 Å². The third-order valence-corrected chi connectivity index (χ3v) is 2.75. The van der Waals surface area contributed by atoms with Crippen LogP contribution in [0.5, 0.6) is 0 Å². The molecule has 124 valence electrons. The smallest absolute Gasteiger partial charge is 0.407 e. The minimum absolute atomic E-state index is 0.0729. The lowest BCUT2D eigenvalue weighted by atomic mass is 10.2. The Morgan fingerprint density at radius 2 is 1.81 bits per heavy atom. The Hall–Kier alpha value is -1.30. The number of nitrogens with one attached hydrogen (secondary N) is 3. The van der Waals surface area contributed by atoms with E-state index in [1.54, 1.807) is 0 Å². The maximum absolute atomic E-state index is 11.5. The molecule has 6 nitrogen and oxygen atoms in total. The van der Waals surface area contributed by atoms with Gasteiger partial charge in [0.05, 0.1) is 0 Å². The first kappa shape index (κ1) is 19.7. The minimum atomic E-state index is -0.467. The summed E-state index contributed by atoms with van der Waals surface area (Å²) in [5.41, 5.74) is -0.467. The lowest BCUT2D eigenvalue weighted by Gasteiger charge is -2.19. The summed E-state index contributed by atoms with van der Waals surface area (Å²) in [7, 11) is 0. The van der Waals surface area contributed by atoms with Crippen LogP contribution in [0.3, 0.4) is 0 Å². The third-order valence-electron chi connectivity index (χ3n) is 2.75. The molecule has 0 aliphatic heterocycles. The zero-order chi connectivity index (χ0) is 16.3. The van der Waals surface area contributed by atoms with Gasteiger partial charge in [-0.1, -0.05) is 6.92 Å². The van der Waals surface area contributed by atoms with Crippen LogP contribution in [0.4, 0.5) is 4.79 Å². The van der Waals surface area contributed by atoms with E-state index in [2.05, 4.69) is 16.0 Å². The van der Waals surface area contributed by atoms with Gasteiger partial charge in [0.15, 0.2) is 0 Å². The van der Waals surface area contributed by atoms with E-state index in [0.29, 0.717) is 19.5 Å². The van der Waals surface area contributed by atoms with Crippen molar-refractivity contribution in [3.8, 4) is 0 Å². The van der Waals surface area contributed by atoms with Gasteiger partial charge in [0.1, 0.15) is 5.60 Å². The summed E-state index contributed by atoms with van der Waals surface area (Å²) >= 11 is 0. The molecule has 1 atom stereocenters. The van der Waals surface area contributed by atoms with Crippen molar-refractivity contribution in [2.45, 2.75) is 65.5 Å². The number of carbonyl (C=O) groups excluding carboxylic acids is 2. The fraction of sp³-hybridized carbons (Fsp3) is 0.867. The SMILES string of the molecule is CCC(C)NC(=O)CCNCCCNC(=O)OC(C)(C)C. The predicted octanol–water partition coefficient (Wildman–Crippen LogP) is 1.80. The standard InChI is InChI=1S/C15H31N3O3/c1-6-12(2)18-13(19)8-11-16-9-7-10-17-14(20)21-15(3,4)5/h12,16H,6-11H2,1-5H3,(H,17,20)(H,18,19). The first-order chi connectivity index (χ1) is 9.74. The topological polar surface area (TPSA) is 79.5 Å². The van der Waals surface area contributed by atoms with Crippen LogP contribution in [-0.4, -0.2) is 43.3 Å². The second kappa shape index (κ2) is 10.4. The van der Waals surface area contributed by atoms with Crippen molar-refractivity contribution < 1.29 is 14.3 Å². The largest absolute Gasteiger partial charge is 0.444 e. The molecule has 0 aromatic heterocycles. The van der Waals surface area contributed by atoms with E-state index >= 15 is 0 Å². The van der Waals surface area contributed by atoms with E-state index in [-0.39, 0.29) is 11.9 Å². The van der Waals surface area contributed by atoms with E-state index in [0.717, 1.165) is 19.4 Å². The lowest BCUT2D eigenvalue weighted by molar-refractivity contribution is -0.121. The van der Waals surface area contributed by atoms with Crippen molar-refractivity contribution in [2.24, 2.45) is 0 Å². The summed E-state index contributed by atoms with van der Waals surface area (Å²) in [6.45, 7) is 11.5. The molecule has 0 aromatic carbocycles. The van der Waals surface area contributed by atoms with Crippen LogP contribution in [0, 0.1) is 0 Å². The van der Waals surface area contributed by atoms with Crippen LogP contribution in [-0.2, 0) is 9.53 Å². The summed E-state index contributed by atoms with van der Waals surface area (Å²) in [4.78, 5) is 22.9. The predicted molar refractivity (Wildman–Crippen MR) is 84.2 cm³/mol. The molecule has 0 bridgehead atoms. The van der Waals surface area contributed by atoms with Crippen LogP contribution in [0.1, 0.15) is 53.9 Å². The number of alkyl carbamates (subject to hydrolysis) is 1. The maximum Gasteiger partial charge on any atom is 0.407 e. The van der Waals surface area contributed by atoms with Crippen molar-refractivity contribution in [2.75, 3.05) is 19.6 Å². The Morgan fingerprint density at radius 3 is 2.38 bits per heavy atom. The van der Waals surface area contributed by atoms with Gasteiger partial charge in [0.2, 0.25) is 5.91 Å². The minimum Gasteiger partial charge on any atom is -0.444 e. The monoisotopic (exact) mass is 301 g/mol. The Bertz CT molecular complexity index is 314. The van der Waals surface area contributed by atoms with Crippen LogP contribution in [0.15, 0.2) is 0 Å². The van der Waals surface area contributed by atoms with Crippen LogP contribution in [0.25, 0.3) is 0 Å². The fourth-order valence-electron chi connectivity index (χ4n) is 1.49. The van der Waals surface area contributed by atoms with Gasteiger partial charge in [0.25, 0.3) is 0 Å². The molecule has 0 fully saturated rings. The molecular weight excluding hydrogens is 270 g/mol. The van der Waals surface area contributed by atoms with Crippen LogP contribution >= 0.6 is 0 Å². The maximum atomic E-state index is 11.5. The van der Waals surface area contributed by atoms with Gasteiger partial charge in [-0.05, 0) is 47.1 Å². The highest BCUT2D eigenvalue weighted by Crippen LogP contribution is 2.06. The number of ether oxygens (including phenoxy) is 1. The normalized spacial score (nSPS) is 12.6. The van der Waals surface area contributed by atoms with Gasteiger partial charge in [-0.15, -0.1) is 0 Å². The van der Waals surface area contributed by atoms with E-state index in [1.165, 1.54) is 0 Å². The van der Waals surface area contributed by atoms with Gasteiger partial charge >= 0.3 is 6.09 Å². The molecule has 0 rings (SSSR count). The average molecular weight is 301 g/mol. The second-order valence-corrected chi connectivity index (χ2v) is 6.16. The molecule has 0 aliphatic rings. The van der Waals surface area contributed by atoms with Crippen molar-refractivity contribution in [3.63, 3.8) is 0 Å². The molecule has 21 heavy (non-hydrogen) atoms.